The van der Waals surface area contributed by atoms with Crippen molar-refractivity contribution in [3.63, 3.8) is 0 Å². The number of amides is 1. The van der Waals surface area contributed by atoms with Gasteiger partial charge < -0.3 is 5.32 Å². The quantitative estimate of drug-likeness (QED) is 0.616. The zero-order valence-corrected chi connectivity index (χ0v) is 13.8. The molecule has 0 atom stereocenters. The van der Waals surface area contributed by atoms with E-state index in [-0.39, 0.29) is 18.3 Å². The number of carbonyl (C=O) groups is 1. The molecule has 0 bridgehead atoms. The van der Waals surface area contributed by atoms with E-state index in [0.29, 0.717) is 5.56 Å². The number of pyridine rings is 1. The van der Waals surface area contributed by atoms with E-state index in [4.69, 9.17) is 0 Å². The fourth-order valence-corrected chi connectivity index (χ4v) is 2.73. The number of halogens is 1. The number of rotatable bonds is 4. The van der Waals surface area contributed by atoms with Crippen LogP contribution in [0.1, 0.15) is 15.9 Å². The van der Waals surface area contributed by atoms with Gasteiger partial charge in [-0.15, -0.1) is 0 Å². The maximum absolute atomic E-state index is 13.2. The van der Waals surface area contributed by atoms with Crippen LogP contribution in [0.15, 0.2) is 73.2 Å². The molecule has 0 fully saturated rings. The highest BCUT2D eigenvalue weighted by atomic mass is 19.1. The standard InChI is InChI=1S/C20H15FN4O/c21-18-3-1-2-14(10-18)11-22-20(26)16-6-4-15(5-7-16)17-8-9-19-23-13-24-25(19)12-17/h1-10,12-13H,11H2,(H,22,26). The minimum atomic E-state index is -0.314. The van der Waals surface area contributed by atoms with Gasteiger partial charge in [-0.05, 0) is 47.5 Å². The molecule has 0 aliphatic heterocycles. The number of hydrogen-bond acceptors (Lipinski definition) is 3. The number of hydrogen-bond donors (Lipinski definition) is 1. The zero-order valence-electron chi connectivity index (χ0n) is 13.8. The molecule has 0 radical (unpaired) electrons. The predicted octanol–water partition coefficient (Wildman–Crippen LogP) is 3.47. The largest absolute Gasteiger partial charge is 0.348 e. The fraction of sp³-hybridized carbons (Fsp3) is 0.0500. The summed E-state index contributed by atoms with van der Waals surface area (Å²) in [6.45, 7) is 0.279. The Bertz CT molecular complexity index is 1070. The molecule has 0 spiro atoms. The lowest BCUT2D eigenvalue weighted by Crippen LogP contribution is -2.22. The number of nitrogens with one attached hydrogen (secondary N) is 1. The van der Waals surface area contributed by atoms with Crippen LogP contribution in [0.2, 0.25) is 0 Å². The maximum Gasteiger partial charge on any atom is 0.251 e. The molecule has 0 aliphatic rings. The van der Waals surface area contributed by atoms with Crippen molar-refractivity contribution >= 4 is 11.6 Å². The van der Waals surface area contributed by atoms with Gasteiger partial charge >= 0.3 is 0 Å². The molecule has 1 amide bonds. The van der Waals surface area contributed by atoms with E-state index in [1.54, 1.807) is 28.8 Å². The summed E-state index contributed by atoms with van der Waals surface area (Å²) in [6, 6.07) is 17.3. The van der Waals surface area contributed by atoms with Gasteiger partial charge in [-0.2, -0.15) is 5.10 Å². The lowest BCUT2D eigenvalue weighted by atomic mass is 10.1. The third kappa shape index (κ3) is 3.30. The Balaban J connectivity index is 1.47. The van der Waals surface area contributed by atoms with E-state index >= 15 is 0 Å². The van der Waals surface area contributed by atoms with Gasteiger partial charge in [0.15, 0.2) is 5.65 Å². The lowest BCUT2D eigenvalue weighted by molar-refractivity contribution is 0.0951. The highest BCUT2D eigenvalue weighted by molar-refractivity contribution is 5.94. The molecule has 0 aliphatic carbocycles. The van der Waals surface area contributed by atoms with Gasteiger partial charge in [0.25, 0.3) is 5.91 Å². The van der Waals surface area contributed by atoms with Crippen LogP contribution in [0, 0.1) is 5.82 Å². The lowest BCUT2D eigenvalue weighted by Gasteiger charge is -2.07. The number of carbonyl (C=O) groups excluding carboxylic acids is 1. The second-order valence-corrected chi connectivity index (χ2v) is 5.87. The summed E-state index contributed by atoms with van der Waals surface area (Å²) in [6.07, 6.45) is 3.40. The Morgan fingerprint density at radius 1 is 1.04 bits per heavy atom. The average Bonchev–Trinajstić information content (AvgIpc) is 3.14. The van der Waals surface area contributed by atoms with Gasteiger partial charge in [0.05, 0.1) is 0 Å². The average molecular weight is 346 g/mol. The van der Waals surface area contributed by atoms with E-state index in [9.17, 15) is 9.18 Å². The van der Waals surface area contributed by atoms with Crippen molar-refractivity contribution in [2.75, 3.05) is 0 Å². The molecule has 128 valence electrons. The molecule has 0 saturated carbocycles. The number of nitrogens with zero attached hydrogens (tertiary/aromatic N) is 3. The Labute approximate surface area is 149 Å². The topological polar surface area (TPSA) is 59.3 Å². The van der Waals surface area contributed by atoms with Gasteiger partial charge in [-0.1, -0.05) is 24.3 Å². The first-order valence-corrected chi connectivity index (χ1v) is 8.11. The third-order valence-corrected chi connectivity index (χ3v) is 4.10. The van der Waals surface area contributed by atoms with Crippen LogP contribution in [-0.4, -0.2) is 20.5 Å². The maximum atomic E-state index is 13.2. The molecule has 26 heavy (non-hydrogen) atoms. The van der Waals surface area contributed by atoms with Gasteiger partial charge in [-0.25, -0.2) is 13.9 Å². The molecule has 5 nitrogen and oxygen atoms in total. The van der Waals surface area contributed by atoms with Gasteiger partial charge in [0, 0.05) is 23.9 Å². The van der Waals surface area contributed by atoms with Gasteiger partial charge in [0.2, 0.25) is 0 Å². The zero-order chi connectivity index (χ0) is 17.9. The van der Waals surface area contributed by atoms with Crippen LogP contribution in [-0.2, 0) is 6.54 Å². The van der Waals surface area contributed by atoms with Crippen molar-refractivity contribution in [1.29, 1.82) is 0 Å². The molecular weight excluding hydrogens is 331 g/mol. The Morgan fingerprint density at radius 2 is 1.85 bits per heavy atom. The first-order valence-electron chi connectivity index (χ1n) is 8.11. The minimum Gasteiger partial charge on any atom is -0.348 e. The second-order valence-electron chi connectivity index (χ2n) is 5.87. The Hall–Kier alpha value is -3.54. The molecule has 2 aromatic heterocycles. The van der Waals surface area contributed by atoms with E-state index < -0.39 is 0 Å². The summed E-state index contributed by atoms with van der Waals surface area (Å²) in [4.78, 5) is 16.4. The molecule has 2 aromatic carbocycles. The molecule has 4 rings (SSSR count). The van der Waals surface area contributed by atoms with Crippen LogP contribution >= 0.6 is 0 Å². The van der Waals surface area contributed by atoms with Crippen molar-refractivity contribution in [1.82, 2.24) is 19.9 Å². The van der Waals surface area contributed by atoms with Gasteiger partial charge in [-0.3, -0.25) is 4.79 Å². The molecule has 4 aromatic rings. The molecule has 6 heteroatoms. The SMILES string of the molecule is O=C(NCc1cccc(F)c1)c1ccc(-c2ccc3ncnn3c2)cc1. The molecule has 2 heterocycles. The van der Waals surface area contributed by atoms with E-state index in [2.05, 4.69) is 15.4 Å². The van der Waals surface area contributed by atoms with Crippen LogP contribution < -0.4 is 5.32 Å². The van der Waals surface area contributed by atoms with Crippen LogP contribution in [0.4, 0.5) is 4.39 Å². The molecule has 1 N–H and O–H groups in total. The minimum absolute atomic E-state index is 0.201. The van der Waals surface area contributed by atoms with Crippen molar-refractivity contribution in [3.05, 3.63) is 90.1 Å². The number of aromatic nitrogens is 3. The smallest absolute Gasteiger partial charge is 0.251 e. The van der Waals surface area contributed by atoms with E-state index in [0.717, 1.165) is 22.3 Å². The van der Waals surface area contributed by atoms with Crippen molar-refractivity contribution in [3.8, 4) is 11.1 Å². The van der Waals surface area contributed by atoms with Gasteiger partial charge in [0.1, 0.15) is 12.1 Å². The fourth-order valence-electron chi connectivity index (χ4n) is 2.73. The summed E-state index contributed by atoms with van der Waals surface area (Å²) in [5.41, 5.74) is 4.00. The summed E-state index contributed by atoms with van der Waals surface area (Å²) < 4.78 is 14.9. The highest BCUT2D eigenvalue weighted by Gasteiger charge is 2.07. The van der Waals surface area contributed by atoms with Crippen molar-refractivity contribution < 1.29 is 9.18 Å². The van der Waals surface area contributed by atoms with E-state index in [1.807, 2.05) is 30.5 Å². The molecular formula is C20H15FN4O. The number of benzene rings is 2. The van der Waals surface area contributed by atoms with Crippen molar-refractivity contribution in [2.24, 2.45) is 0 Å². The normalized spacial score (nSPS) is 10.8. The van der Waals surface area contributed by atoms with Crippen molar-refractivity contribution in [2.45, 2.75) is 6.54 Å². The predicted molar refractivity (Wildman–Crippen MR) is 96.0 cm³/mol. The summed E-state index contributed by atoms with van der Waals surface area (Å²) in [5.74, 6) is -0.516. The van der Waals surface area contributed by atoms with Crippen LogP contribution in [0.3, 0.4) is 0 Å². The summed E-state index contributed by atoms with van der Waals surface area (Å²) in [7, 11) is 0. The first-order chi connectivity index (χ1) is 12.7. The summed E-state index contributed by atoms with van der Waals surface area (Å²) in [5, 5.41) is 6.92. The molecule has 0 unspecified atom stereocenters. The second kappa shape index (κ2) is 6.76. The highest BCUT2D eigenvalue weighted by Crippen LogP contribution is 2.20. The molecule has 0 saturated heterocycles. The van der Waals surface area contributed by atoms with Crippen LogP contribution in [0.5, 0.6) is 0 Å². The Morgan fingerprint density at radius 3 is 2.65 bits per heavy atom. The van der Waals surface area contributed by atoms with E-state index in [1.165, 1.54) is 18.5 Å². The Kier molecular flexibility index (Phi) is 4.15. The first kappa shape index (κ1) is 16.0. The number of fused-ring (bicyclic) bond motifs is 1. The van der Waals surface area contributed by atoms with Crippen LogP contribution in [0.25, 0.3) is 16.8 Å². The third-order valence-electron chi connectivity index (χ3n) is 4.10. The monoisotopic (exact) mass is 346 g/mol. The summed E-state index contributed by atoms with van der Waals surface area (Å²) >= 11 is 0.